The molecule has 45 heavy (non-hydrogen) atoms. The first-order valence-electron chi connectivity index (χ1n) is 15.6. The molecule has 0 spiro atoms. The summed E-state index contributed by atoms with van der Waals surface area (Å²) in [6.07, 6.45) is 8.55. The summed E-state index contributed by atoms with van der Waals surface area (Å²) < 4.78 is 20.3. The van der Waals surface area contributed by atoms with Gasteiger partial charge in [0.15, 0.2) is 5.72 Å². The Hall–Kier alpha value is -4.47. The Labute approximate surface area is 262 Å². The highest BCUT2D eigenvalue weighted by Gasteiger charge is 2.41. The average molecular weight is 615 g/mol. The first-order valence-corrected chi connectivity index (χ1v) is 15.6. The number of urea groups is 1. The van der Waals surface area contributed by atoms with E-state index in [1.807, 2.05) is 38.3 Å². The van der Waals surface area contributed by atoms with E-state index in [1.165, 1.54) is 12.1 Å². The Morgan fingerprint density at radius 3 is 2.73 bits per heavy atom. The first-order chi connectivity index (χ1) is 21.8. The van der Waals surface area contributed by atoms with Gasteiger partial charge in [0.1, 0.15) is 17.6 Å². The van der Waals surface area contributed by atoms with Gasteiger partial charge in [-0.3, -0.25) is 14.7 Å². The van der Waals surface area contributed by atoms with E-state index in [1.54, 1.807) is 22.2 Å². The number of carbonyl (C=O) groups is 2. The van der Waals surface area contributed by atoms with Crippen LogP contribution in [-0.4, -0.2) is 96.6 Å². The van der Waals surface area contributed by atoms with E-state index in [4.69, 9.17) is 4.74 Å². The maximum Gasteiger partial charge on any atom is 0.324 e. The molecule has 2 atom stereocenters. The summed E-state index contributed by atoms with van der Waals surface area (Å²) in [5.41, 5.74) is 2.21. The van der Waals surface area contributed by atoms with Crippen LogP contribution in [0.2, 0.25) is 0 Å². The van der Waals surface area contributed by atoms with Crippen molar-refractivity contribution in [2.75, 3.05) is 57.8 Å². The number of fused-ring (bicyclic) bond motifs is 1. The van der Waals surface area contributed by atoms with Crippen LogP contribution in [-0.2, 0) is 21.7 Å². The maximum atomic E-state index is 14.1. The molecule has 2 saturated heterocycles. The van der Waals surface area contributed by atoms with E-state index < -0.39 is 11.5 Å². The van der Waals surface area contributed by atoms with E-state index >= 15 is 0 Å². The predicted molar refractivity (Wildman–Crippen MR) is 166 cm³/mol. The largest absolute Gasteiger partial charge is 0.363 e. The Morgan fingerprint density at radius 2 is 2.04 bits per heavy atom. The van der Waals surface area contributed by atoms with Crippen LogP contribution < -0.4 is 15.5 Å². The van der Waals surface area contributed by atoms with Crippen molar-refractivity contribution in [3.8, 4) is 6.07 Å². The molecule has 0 bridgehead atoms. The summed E-state index contributed by atoms with van der Waals surface area (Å²) >= 11 is 0. The van der Waals surface area contributed by atoms with Crippen LogP contribution in [0.3, 0.4) is 0 Å². The van der Waals surface area contributed by atoms with Crippen molar-refractivity contribution in [3.63, 3.8) is 0 Å². The molecule has 11 nitrogen and oxygen atoms in total. The van der Waals surface area contributed by atoms with Crippen LogP contribution >= 0.6 is 0 Å². The number of hydrogen-bond donors (Lipinski definition) is 2. The number of carbonyl (C=O) groups excluding carboxylic acids is 2. The van der Waals surface area contributed by atoms with E-state index in [9.17, 15) is 19.2 Å². The number of benzene rings is 1. The quantitative estimate of drug-likeness (QED) is 0.489. The zero-order chi connectivity index (χ0) is 31.7. The number of rotatable bonds is 7. The number of anilines is 1. The summed E-state index contributed by atoms with van der Waals surface area (Å²) in [7, 11) is 2.02. The Balaban J connectivity index is 1.28. The monoisotopic (exact) mass is 614 g/mol. The topological polar surface area (TPSA) is 117 Å². The van der Waals surface area contributed by atoms with E-state index in [0.717, 1.165) is 30.8 Å². The molecule has 2 N–H and O–H groups in total. The molecule has 4 aliphatic heterocycles. The number of likely N-dealkylation sites (tertiary alicyclic amines) is 1. The molecule has 0 aliphatic carbocycles. The highest BCUT2D eigenvalue weighted by atomic mass is 19.1. The number of amides is 3. The third-order valence-corrected chi connectivity index (χ3v) is 9.05. The Bertz CT molecular complexity index is 1570. The van der Waals surface area contributed by atoms with Crippen LogP contribution in [0.15, 0.2) is 60.2 Å². The normalized spacial score (nSPS) is 23.4. The molecule has 236 valence electrons. The predicted octanol–water partition coefficient (Wildman–Crippen LogP) is 2.66. The third-order valence-electron chi connectivity index (χ3n) is 9.05. The van der Waals surface area contributed by atoms with Gasteiger partial charge in [0.2, 0.25) is 0 Å². The SMILES string of the molecule is CCOC1(c2cccnc2)C=CC(N2CCN(C(=O)N3CCc4cc(F)cc(C#N)c43)C[C@H]2CC)=C(C(=O)NC2CN(C)C2)N1. The number of hydrogen-bond acceptors (Lipinski definition) is 8. The third kappa shape index (κ3) is 5.74. The summed E-state index contributed by atoms with van der Waals surface area (Å²) in [6, 6.07) is 8.19. The fourth-order valence-corrected chi connectivity index (χ4v) is 6.83. The minimum atomic E-state index is -1.07. The standard InChI is InChI=1S/C33H39FN8O3/c1-4-27-21-40(32(44)42-12-9-22-15-25(34)16-23(17-35)30(22)42)13-14-41(27)28-8-10-33(45-5-2,24-7-6-11-36-18-24)38-29(28)31(43)37-26-19-39(3)20-26/h6-8,10-11,15-16,18,26-27,38H,4-5,9,12-14,19-21H2,1-3H3,(H,37,43)/t27-,33?/m1/s1. The highest BCUT2D eigenvalue weighted by Crippen LogP contribution is 2.36. The van der Waals surface area contributed by atoms with Gasteiger partial charge in [-0.2, -0.15) is 5.26 Å². The van der Waals surface area contributed by atoms with Gasteiger partial charge in [0, 0.05) is 69.9 Å². The zero-order valence-corrected chi connectivity index (χ0v) is 25.9. The van der Waals surface area contributed by atoms with E-state index in [0.29, 0.717) is 56.2 Å². The van der Waals surface area contributed by atoms with E-state index in [2.05, 4.69) is 38.4 Å². The summed E-state index contributed by atoms with van der Waals surface area (Å²) in [4.78, 5) is 39.8. The zero-order valence-electron chi connectivity index (χ0n) is 25.9. The van der Waals surface area contributed by atoms with Crippen LogP contribution in [0.25, 0.3) is 0 Å². The van der Waals surface area contributed by atoms with Crippen molar-refractivity contribution in [3.05, 3.63) is 82.7 Å². The molecule has 0 saturated carbocycles. The number of nitrogens with one attached hydrogen (secondary N) is 2. The lowest BCUT2D eigenvalue weighted by molar-refractivity contribution is -0.121. The molecule has 6 rings (SSSR count). The highest BCUT2D eigenvalue weighted by molar-refractivity contribution is 5.96. The number of ether oxygens (including phenoxy) is 1. The van der Waals surface area contributed by atoms with Gasteiger partial charge in [0.25, 0.3) is 5.91 Å². The smallest absolute Gasteiger partial charge is 0.324 e. The number of halogens is 1. The molecule has 0 radical (unpaired) electrons. The number of likely N-dealkylation sites (N-methyl/N-ethyl adjacent to an activating group) is 1. The number of aromatic nitrogens is 1. The minimum Gasteiger partial charge on any atom is -0.363 e. The van der Waals surface area contributed by atoms with Crippen LogP contribution in [0.1, 0.15) is 37.0 Å². The lowest BCUT2D eigenvalue weighted by atomic mass is 9.97. The number of dihydropyridines is 1. The summed E-state index contributed by atoms with van der Waals surface area (Å²) in [6.45, 7) is 7.69. The second-order valence-electron chi connectivity index (χ2n) is 12.0. The second kappa shape index (κ2) is 12.5. The molecule has 2 fully saturated rings. The van der Waals surface area contributed by atoms with Gasteiger partial charge in [-0.05, 0) is 62.7 Å². The number of nitrogens with zero attached hydrogens (tertiary/aromatic N) is 6. The van der Waals surface area contributed by atoms with Gasteiger partial charge >= 0.3 is 6.03 Å². The molecule has 12 heteroatoms. The fraction of sp³-hybridized carbons (Fsp3) is 0.455. The van der Waals surface area contributed by atoms with Gasteiger partial charge in [-0.15, -0.1) is 0 Å². The molecular formula is C33H39FN8O3. The molecule has 1 aromatic heterocycles. The van der Waals surface area contributed by atoms with Crippen LogP contribution in [0.4, 0.5) is 14.9 Å². The van der Waals surface area contributed by atoms with Crippen molar-refractivity contribution in [1.82, 2.24) is 30.3 Å². The van der Waals surface area contributed by atoms with Crippen molar-refractivity contribution in [2.45, 2.75) is 44.5 Å². The molecule has 2 aromatic rings. The molecule has 5 heterocycles. The number of piperazine rings is 1. The number of nitriles is 1. The van der Waals surface area contributed by atoms with Crippen LogP contribution in [0.5, 0.6) is 0 Å². The van der Waals surface area contributed by atoms with Gasteiger partial charge in [-0.25, -0.2) is 9.18 Å². The fourth-order valence-electron chi connectivity index (χ4n) is 6.83. The van der Waals surface area contributed by atoms with Crippen molar-refractivity contribution >= 4 is 17.6 Å². The van der Waals surface area contributed by atoms with Gasteiger partial charge in [0.05, 0.1) is 23.0 Å². The Morgan fingerprint density at radius 1 is 1.22 bits per heavy atom. The lowest BCUT2D eigenvalue weighted by Crippen LogP contribution is -2.60. The lowest BCUT2D eigenvalue weighted by Gasteiger charge is -2.46. The van der Waals surface area contributed by atoms with Crippen molar-refractivity contribution in [2.24, 2.45) is 0 Å². The minimum absolute atomic E-state index is 0.0513. The molecule has 1 unspecified atom stereocenters. The molecule has 3 amide bonds. The van der Waals surface area contributed by atoms with Gasteiger partial charge in [-0.1, -0.05) is 13.0 Å². The van der Waals surface area contributed by atoms with Crippen molar-refractivity contribution < 1.29 is 18.7 Å². The number of pyridine rings is 1. The summed E-state index contributed by atoms with van der Waals surface area (Å²) in [5.74, 6) is -0.679. The molecule has 4 aliphatic rings. The van der Waals surface area contributed by atoms with Gasteiger partial charge < -0.3 is 30.1 Å². The molecular weight excluding hydrogens is 575 g/mol. The van der Waals surface area contributed by atoms with Crippen LogP contribution in [0, 0.1) is 17.1 Å². The Kier molecular flexibility index (Phi) is 8.48. The molecule has 1 aromatic carbocycles. The van der Waals surface area contributed by atoms with E-state index in [-0.39, 0.29) is 29.6 Å². The average Bonchev–Trinajstić information content (AvgIpc) is 3.47. The first kappa shape index (κ1) is 30.6. The van der Waals surface area contributed by atoms with Crippen molar-refractivity contribution in [1.29, 1.82) is 5.26 Å². The maximum absolute atomic E-state index is 14.1. The summed E-state index contributed by atoms with van der Waals surface area (Å²) in [5, 5.41) is 16.3. The number of allylic oxidation sites excluding steroid dienone is 1. The second-order valence-corrected chi connectivity index (χ2v) is 12.0.